The summed E-state index contributed by atoms with van der Waals surface area (Å²) in [5.41, 5.74) is 3.67. The van der Waals surface area contributed by atoms with Crippen LogP contribution in [-0.2, 0) is 0 Å². The van der Waals surface area contributed by atoms with Gasteiger partial charge in [-0.05, 0) is 42.0 Å². The van der Waals surface area contributed by atoms with Gasteiger partial charge in [-0.15, -0.1) is 11.8 Å². The molecule has 1 heterocycles. The van der Waals surface area contributed by atoms with Crippen molar-refractivity contribution in [1.29, 1.82) is 0 Å². The van der Waals surface area contributed by atoms with Gasteiger partial charge in [0.25, 0.3) is 0 Å². The molecule has 0 radical (unpaired) electrons. The number of methoxy groups -OCH3 is 2. The van der Waals surface area contributed by atoms with Crippen LogP contribution in [0.3, 0.4) is 0 Å². The van der Waals surface area contributed by atoms with Gasteiger partial charge in [-0.2, -0.15) is 0 Å². The van der Waals surface area contributed by atoms with E-state index in [2.05, 4.69) is 18.2 Å². The van der Waals surface area contributed by atoms with Crippen LogP contribution >= 0.6 is 11.8 Å². The molecule has 0 saturated heterocycles. The van der Waals surface area contributed by atoms with Crippen LogP contribution in [0, 0.1) is 0 Å². The number of hydrogen-bond donors (Lipinski definition) is 1. The van der Waals surface area contributed by atoms with Crippen molar-refractivity contribution in [2.75, 3.05) is 14.2 Å². The van der Waals surface area contributed by atoms with Gasteiger partial charge in [-0.25, -0.2) is 0 Å². The number of thioether (sulfide) groups is 1. The monoisotopic (exact) mass is 391 g/mol. The molecule has 3 aromatic carbocycles. The highest BCUT2D eigenvalue weighted by molar-refractivity contribution is 7.99. The van der Waals surface area contributed by atoms with Gasteiger partial charge in [0, 0.05) is 28.2 Å². The molecule has 4 nitrogen and oxygen atoms in total. The first-order chi connectivity index (χ1) is 13.7. The number of benzene rings is 3. The summed E-state index contributed by atoms with van der Waals surface area (Å²) in [6, 6.07) is 21.6. The van der Waals surface area contributed by atoms with Crippen molar-refractivity contribution >= 4 is 23.2 Å². The largest absolute Gasteiger partial charge is 0.507 e. The van der Waals surface area contributed by atoms with Crippen molar-refractivity contribution in [3.05, 3.63) is 77.9 Å². The molecule has 28 heavy (non-hydrogen) atoms. The van der Waals surface area contributed by atoms with E-state index in [0.29, 0.717) is 12.2 Å². The van der Waals surface area contributed by atoms with Gasteiger partial charge in [0.05, 0.1) is 25.6 Å². The second kappa shape index (κ2) is 7.98. The van der Waals surface area contributed by atoms with Crippen LogP contribution in [0.15, 0.2) is 76.6 Å². The van der Waals surface area contributed by atoms with Gasteiger partial charge in [-0.3, -0.25) is 4.99 Å². The fourth-order valence-electron chi connectivity index (χ4n) is 3.29. The first kappa shape index (κ1) is 18.4. The van der Waals surface area contributed by atoms with Crippen molar-refractivity contribution in [1.82, 2.24) is 0 Å². The third-order valence-electron chi connectivity index (χ3n) is 4.75. The minimum absolute atomic E-state index is 0.152. The Morgan fingerprint density at radius 3 is 2.50 bits per heavy atom. The van der Waals surface area contributed by atoms with Crippen LogP contribution in [0.5, 0.6) is 17.2 Å². The number of phenols is 1. The molecule has 0 unspecified atom stereocenters. The second-order valence-corrected chi connectivity index (χ2v) is 7.74. The highest BCUT2D eigenvalue weighted by Crippen LogP contribution is 2.46. The molecular weight excluding hydrogens is 370 g/mol. The van der Waals surface area contributed by atoms with E-state index in [0.717, 1.165) is 27.6 Å². The SMILES string of the molecule is COc1cccc([C@@H]2CC(c3ccc(OC)cc3O)=Nc3ccccc3S2)c1. The van der Waals surface area contributed by atoms with Crippen molar-refractivity contribution in [2.24, 2.45) is 4.99 Å². The molecule has 4 rings (SSSR count). The van der Waals surface area contributed by atoms with E-state index in [9.17, 15) is 5.11 Å². The van der Waals surface area contributed by atoms with Crippen LogP contribution < -0.4 is 9.47 Å². The minimum atomic E-state index is 0.152. The number of nitrogens with zero attached hydrogens (tertiary/aromatic N) is 1. The van der Waals surface area contributed by atoms with E-state index in [1.807, 2.05) is 42.5 Å². The highest BCUT2D eigenvalue weighted by atomic mass is 32.2. The average molecular weight is 391 g/mol. The third-order valence-corrected chi connectivity index (χ3v) is 6.07. The summed E-state index contributed by atoms with van der Waals surface area (Å²) >= 11 is 1.79. The molecule has 0 amide bonds. The Hall–Kier alpha value is -2.92. The maximum Gasteiger partial charge on any atom is 0.128 e. The number of aliphatic imine (C=N–C) groups is 1. The normalized spacial score (nSPS) is 15.9. The van der Waals surface area contributed by atoms with Crippen molar-refractivity contribution in [2.45, 2.75) is 16.6 Å². The summed E-state index contributed by atoms with van der Waals surface area (Å²) in [5, 5.41) is 10.7. The Morgan fingerprint density at radius 1 is 0.929 bits per heavy atom. The molecule has 142 valence electrons. The van der Waals surface area contributed by atoms with Crippen molar-refractivity contribution < 1.29 is 14.6 Å². The first-order valence-electron chi connectivity index (χ1n) is 9.02. The topological polar surface area (TPSA) is 51.0 Å². The molecule has 3 aromatic rings. The Bertz CT molecular complexity index is 1030. The quantitative estimate of drug-likeness (QED) is 0.614. The molecule has 5 heteroatoms. The molecule has 1 N–H and O–H groups in total. The van der Waals surface area contributed by atoms with Gasteiger partial charge in [-0.1, -0.05) is 24.3 Å². The summed E-state index contributed by atoms with van der Waals surface area (Å²) in [6.07, 6.45) is 0.687. The lowest BCUT2D eigenvalue weighted by molar-refractivity contribution is 0.407. The fourth-order valence-corrected chi connectivity index (χ4v) is 4.51. The number of ether oxygens (including phenoxy) is 2. The van der Waals surface area contributed by atoms with E-state index in [4.69, 9.17) is 14.5 Å². The zero-order valence-corrected chi connectivity index (χ0v) is 16.6. The van der Waals surface area contributed by atoms with Gasteiger partial charge in [0.2, 0.25) is 0 Å². The lowest BCUT2D eigenvalue weighted by Crippen LogP contribution is -2.06. The molecule has 0 aliphatic carbocycles. The fraction of sp³-hybridized carbons (Fsp3) is 0.174. The predicted molar refractivity (Wildman–Crippen MR) is 114 cm³/mol. The van der Waals surface area contributed by atoms with Gasteiger partial charge >= 0.3 is 0 Å². The average Bonchev–Trinajstić information content (AvgIpc) is 2.93. The Labute approximate surface area is 168 Å². The molecule has 0 aromatic heterocycles. The van der Waals surface area contributed by atoms with Crippen LogP contribution in [0.1, 0.15) is 22.8 Å². The van der Waals surface area contributed by atoms with E-state index in [1.165, 1.54) is 5.56 Å². The first-order valence-corrected chi connectivity index (χ1v) is 9.90. The smallest absolute Gasteiger partial charge is 0.128 e. The summed E-state index contributed by atoms with van der Waals surface area (Å²) in [5.74, 6) is 1.63. The van der Waals surface area contributed by atoms with E-state index in [1.54, 1.807) is 32.0 Å². The number of fused-ring (bicyclic) bond motifs is 1. The molecule has 0 bridgehead atoms. The van der Waals surface area contributed by atoms with Crippen LogP contribution in [0.4, 0.5) is 5.69 Å². The number of rotatable bonds is 4. The van der Waals surface area contributed by atoms with Crippen LogP contribution in [-0.4, -0.2) is 25.0 Å². The molecule has 0 saturated carbocycles. The zero-order valence-electron chi connectivity index (χ0n) is 15.8. The number of phenolic OH excluding ortho intramolecular Hbond substituents is 1. The van der Waals surface area contributed by atoms with Crippen molar-refractivity contribution in [3.63, 3.8) is 0 Å². The Kier molecular flexibility index (Phi) is 5.26. The van der Waals surface area contributed by atoms with E-state index >= 15 is 0 Å². The third kappa shape index (κ3) is 3.71. The maximum atomic E-state index is 10.6. The minimum Gasteiger partial charge on any atom is -0.507 e. The molecule has 1 aliphatic heterocycles. The Morgan fingerprint density at radius 2 is 1.71 bits per heavy atom. The van der Waals surface area contributed by atoms with Gasteiger partial charge in [0.1, 0.15) is 17.2 Å². The molecule has 1 aliphatic rings. The number of para-hydroxylation sites is 1. The summed E-state index contributed by atoms with van der Waals surface area (Å²) in [4.78, 5) is 6.03. The standard InChI is InChI=1S/C23H21NO3S/c1-26-16-7-5-6-15(12-16)23-14-20(18-11-10-17(27-2)13-21(18)25)24-19-8-3-4-9-22(19)28-23/h3-13,23,25H,14H2,1-2H3/t23-/m0/s1. The summed E-state index contributed by atoms with van der Waals surface area (Å²) in [6.45, 7) is 0. The highest BCUT2D eigenvalue weighted by Gasteiger charge is 2.24. The summed E-state index contributed by atoms with van der Waals surface area (Å²) < 4.78 is 10.6. The Balaban J connectivity index is 1.80. The maximum absolute atomic E-state index is 10.6. The second-order valence-electron chi connectivity index (χ2n) is 6.50. The van der Waals surface area contributed by atoms with E-state index in [-0.39, 0.29) is 11.0 Å². The van der Waals surface area contributed by atoms with E-state index < -0.39 is 0 Å². The van der Waals surface area contributed by atoms with Crippen LogP contribution in [0.2, 0.25) is 0 Å². The molecule has 0 fully saturated rings. The van der Waals surface area contributed by atoms with Gasteiger partial charge < -0.3 is 14.6 Å². The number of hydrogen-bond acceptors (Lipinski definition) is 5. The summed E-state index contributed by atoms with van der Waals surface area (Å²) in [7, 11) is 3.26. The van der Waals surface area contributed by atoms with Gasteiger partial charge in [0.15, 0.2) is 0 Å². The lowest BCUT2D eigenvalue weighted by atomic mass is 10.00. The predicted octanol–water partition coefficient (Wildman–Crippen LogP) is 5.77. The molecular formula is C23H21NO3S. The zero-order chi connectivity index (χ0) is 19.5. The molecule has 0 spiro atoms. The van der Waals surface area contributed by atoms with Crippen LogP contribution in [0.25, 0.3) is 0 Å². The lowest BCUT2D eigenvalue weighted by Gasteiger charge is -2.17. The molecule has 1 atom stereocenters. The van der Waals surface area contributed by atoms with Crippen molar-refractivity contribution in [3.8, 4) is 17.2 Å². The number of aromatic hydroxyl groups is 1.